The third kappa shape index (κ3) is 3.19. The normalized spacial score (nSPS) is 17.3. The van der Waals surface area contributed by atoms with Crippen molar-refractivity contribution >= 4 is 44.7 Å². The van der Waals surface area contributed by atoms with E-state index < -0.39 is 5.92 Å². The number of aromatic nitrogens is 1. The van der Waals surface area contributed by atoms with Gasteiger partial charge in [-0.15, -0.1) is 11.3 Å². The zero-order chi connectivity index (χ0) is 21.7. The van der Waals surface area contributed by atoms with Crippen molar-refractivity contribution in [2.45, 2.75) is 19.3 Å². The van der Waals surface area contributed by atoms with E-state index in [2.05, 4.69) is 34.6 Å². The summed E-state index contributed by atoms with van der Waals surface area (Å²) in [6.45, 7) is 0.389. The minimum absolute atomic E-state index is 0.00652. The van der Waals surface area contributed by atoms with Crippen molar-refractivity contribution in [3.05, 3.63) is 77.2 Å². The van der Waals surface area contributed by atoms with Crippen LogP contribution in [0.5, 0.6) is 0 Å². The molecule has 6 rings (SSSR count). The van der Waals surface area contributed by atoms with Crippen LogP contribution in [0.4, 0.5) is 10.8 Å². The quantitative estimate of drug-likeness (QED) is 0.484. The second kappa shape index (κ2) is 7.57. The summed E-state index contributed by atoms with van der Waals surface area (Å²) in [7, 11) is 0. The highest BCUT2D eigenvalue weighted by atomic mass is 32.1. The number of hydrogen-bond acceptors (Lipinski definition) is 4. The fourth-order valence-corrected chi connectivity index (χ4v) is 5.59. The molecule has 5 nitrogen and oxygen atoms in total. The summed E-state index contributed by atoms with van der Waals surface area (Å²) in [6.07, 6.45) is 2.31. The van der Waals surface area contributed by atoms with Gasteiger partial charge in [0.25, 0.3) is 0 Å². The molecule has 1 fully saturated rings. The van der Waals surface area contributed by atoms with Gasteiger partial charge in [0.15, 0.2) is 5.13 Å². The van der Waals surface area contributed by atoms with E-state index in [9.17, 15) is 9.59 Å². The van der Waals surface area contributed by atoms with Crippen molar-refractivity contribution in [3.63, 3.8) is 0 Å². The van der Waals surface area contributed by atoms with Crippen LogP contribution in [0.3, 0.4) is 0 Å². The first-order chi connectivity index (χ1) is 15.7. The van der Waals surface area contributed by atoms with Gasteiger partial charge >= 0.3 is 0 Å². The van der Waals surface area contributed by atoms with E-state index in [0.29, 0.717) is 11.7 Å². The molecule has 1 atom stereocenters. The zero-order valence-electron chi connectivity index (χ0n) is 17.4. The molecule has 0 saturated carbocycles. The van der Waals surface area contributed by atoms with Crippen molar-refractivity contribution in [2.24, 2.45) is 5.92 Å². The summed E-state index contributed by atoms with van der Waals surface area (Å²) in [5, 5.41) is 7.81. The SMILES string of the molecule is O=C(Nc1nc(-c2ccccc2)cs1)[C@H]1CC(=O)N(c2ccc3c4c(cccc24)CC3)C1. The van der Waals surface area contributed by atoms with Gasteiger partial charge in [0.05, 0.1) is 17.3 Å². The van der Waals surface area contributed by atoms with Crippen molar-refractivity contribution in [1.82, 2.24) is 4.98 Å². The zero-order valence-corrected chi connectivity index (χ0v) is 18.2. The van der Waals surface area contributed by atoms with Gasteiger partial charge in [-0.25, -0.2) is 4.98 Å². The Morgan fingerprint density at radius 2 is 1.81 bits per heavy atom. The number of thiazole rings is 1. The van der Waals surface area contributed by atoms with E-state index in [4.69, 9.17) is 0 Å². The minimum Gasteiger partial charge on any atom is -0.311 e. The van der Waals surface area contributed by atoms with Crippen LogP contribution in [0.2, 0.25) is 0 Å². The average molecular weight is 440 g/mol. The number of amides is 2. The lowest BCUT2D eigenvalue weighted by Gasteiger charge is -2.19. The molecule has 2 amide bonds. The maximum absolute atomic E-state index is 12.9. The van der Waals surface area contributed by atoms with Crippen LogP contribution in [-0.4, -0.2) is 23.3 Å². The molecular formula is C26H21N3O2S. The predicted octanol–water partition coefficient (Wildman–Crippen LogP) is 5.05. The van der Waals surface area contributed by atoms with E-state index in [1.54, 1.807) is 4.90 Å². The third-order valence-electron chi connectivity index (χ3n) is 6.44. The lowest BCUT2D eigenvalue weighted by Crippen LogP contribution is -2.28. The largest absolute Gasteiger partial charge is 0.311 e. The summed E-state index contributed by atoms with van der Waals surface area (Å²) < 4.78 is 0. The number of benzene rings is 3. The van der Waals surface area contributed by atoms with Crippen molar-refractivity contribution in [3.8, 4) is 11.3 Å². The summed E-state index contributed by atoms with van der Waals surface area (Å²) in [4.78, 5) is 32.2. The molecule has 1 aliphatic carbocycles. The van der Waals surface area contributed by atoms with Crippen molar-refractivity contribution < 1.29 is 9.59 Å². The van der Waals surface area contributed by atoms with Gasteiger partial charge in [-0.1, -0.05) is 54.6 Å². The molecule has 1 aliphatic heterocycles. The predicted molar refractivity (Wildman–Crippen MR) is 128 cm³/mol. The van der Waals surface area contributed by atoms with E-state index in [0.717, 1.165) is 35.2 Å². The molecule has 1 saturated heterocycles. The Balaban J connectivity index is 1.22. The third-order valence-corrected chi connectivity index (χ3v) is 7.20. The second-order valence-electron chi connectivity index (χ2n) is 8.38. The van der Waals surface area contributed by atoms with Crippen LogP contribution in [0.15, 0.2) is 66.0 Å². The summed E-state index contributed by atoms with van der Waals surface area (Å²) in [5.41, 5.74) is 5.45. The van der Waals surface area contributed by atoms with Gasteiger partial charge in [0, 0.05) is 29.3 Å². The number of carbonyl (C=O) groups excluding carboxylic acids is 2. The van der Waals surface area contributed by atoms with Gasteiger partial charge in [-0.2, -0.15) is 0 Å². The van der Waals surface area contributed by atoms with E-state index in [-0.39, 0.29) is 18.2 Å². The van der Waals surface area contributed by atoms with Gasteiger partial charge in [0.2, 0.25) is 11.8 Å². The Kier molecular flexibility index (Phi) is 4.54. The van der Waals surface area contributed by atoms with Crippen molar-refractivity contribution in [1.29, 1.82) is 0 Å². The number of rotatable bonds is 4. The molecule has 0 bridgehead atoms. The Morgan fingerprint density at radius 1 is 1.00 bits per heavy atom. The smallest absolute Gasteiger partial charge is 0.231 e. The molecule has 2 aliphatic rings. The Bertz CT molecular complexity index is 1350. The molecule has 0 unspecified atom stereocenters. The van der Waals surface area contributed by atoms with E-state index >= 15 is 0 Å². The summed E-state index contributed by atoms with van der Waals surface area (Å²) in [6, 6.07) is 20.4. The molecule has 1 aromatic heterocycles. The van der Waals surface area contributed by atoms with Crippen LogP contribution in [0.25, 0.3) is 22.0 Å². The first kappa shape index (κ1) is 19.2. The van der Waals surface area contributed by atoms with E-state index in [1.165, 1.54) is 27.8 Å². The Labute approximate surface area is 189 Å². The minimum atomic E-state index is -0.394. The van der Waals surface area contributed by atoms with Crippen LogP contribution >= 0.6 is 11.3 Å². The van der Waals surface area contributed by atoms with Gasteiger partial charge in [0.1, 0.15) is 0 Å². The maximum Gasteiger partial charge on any atom is 0.231 e. The topological polar surface area (TPSA) is 62.3 Å². The molecule has 1 N–H and O–H groups in total. The Hall–Kier alpha value is -3.51. The monoisotopic (exact) mass is 439 g/mol. The maximum atomic E-state index is 12.9. The molecule has 0 radical (unpaired) electrons. The fourth-order valence-electron chi connectivity index (χ4n) is 4.86. The first-order valence-electron chi connectivity index (χ1n) is 10.8. The number of hydrogen-bond donors (Lipinski definition) is 1. The molecule has 2 heterocycles. The lowest BCUT2D eigenvalue weighted by molar-refractivity contribution is -0.122. The highest BCUT2D eigenvalue weighted by Gasteiger charge is 2.36. The van der Waals surface area contributed by atoms with Gasteiger partial charge in [-0.3, -0.25) is 9.59 Å². The molecule has 158 valence electrons. The lowest BCUT2D eigenvalue weighted by atomic mass is 10.0. The number of nitrogens with one attached hydrogen (secondary N) is 1. The van der Waals surface area contributed by atoms with Crippen LogP contribution in [0.1, 0.15) is 17.5 Å². The van der Waals surface area contributed by atoms with Gasteiger partial charge < -0.3 is 10.2 Å². The highest BCUT2D eigenvalue weighted by molar-refractivity contribution is 7.14. The Morgan fingerprint density at radius 3 is 2.66 bits per heavy atom. The average Bonchev–Trinajstić information content (AvgIpc) is 3.55. The standard InChI is InChI=1S/C26H21N3O2S/c30-23-13-19(25(31)28-26-27-21(15-32-26)16-5-2-1-3-6-16)14-29(23)22-12-11-18-10-9-17-7-4-8-20(22)24(17)18/h1-8,11-12,15,19H,9-10,13-14H2,(H,27,28,31)/t19-/m0/s1. The molecule has 4 aromatic rings. The van der Waals surface area contributed by atoms with Crippen LogP contribution < -0.4 is 10.2 Å². The summed E-state index contributed by atoms with van der Waals surface area (Å²) in [5.74, 6) is -0.552. The molecule has 0 spiro atoms. The second-order valence-corrected chi connectivity index (χ2v) is 9.24. The summed E-state index contributed by atoms with van der Waals surface area (Å²) >= 11 is 1.40. The number of aryl methyl sites for hydroxylation is 2. The molecular weight excluding hydrogens is 418 g/mol. The molecule has 32 heavy (non-hydrogen) atoms. The van der Waals surface area contributed by atoms with Crippen LogP contribution in [0, 0.1) is 5.92 Å². The number of anilines is 2. The highest BCUT2D eigenvalue weighted by Crippen LogP contribution is 2.38. The number of nitrogens with zero attached hydrogens (tertiary/aromatic N) is 2. The van der Waals surface area contributed by atoms with Crippen molar-refractivity contribution in [2.75, 3.05) is 16.8 Å². The fraction of sp³-hybridized carbons (Fsp3) is 0.192. The van der Waals surface area contributed by atoms with Gasteiger partial charge in [-0.05, 0) is 35.4 Å². The first-order valence-corrected chi connectivity index (χ1v) is 11.7. The molecule has 3 aromatic carbocycles. The molecule has 6 heteroatoms. The van der Waals surface area contributed by atoms with Crippen LogP contribution in [-0.2, 0) is 22.4 Å². The van der Waals surface area contributed by atoms with E-state index in [1.807, 2.05) is 41.8 Å². The number of carbonyl (C=O) groups is 2.